The maximum atomic E-state index is 13.1. The van der Waals surface area contributed by atoms with Crippen LogP contribution >= 0.6 is 0 Å². The number of nitrogens with one attached hydrogen (secondary N) is 2. The lowest BCUT2D eigenvalue weighted by atomic mass is 9.86. The van der Waals surface area contributed by atoms with Gasteiger partial charge >= 0.3 is 0 Å². The SMILES string of the molecule is CN1CC(COc2cc(NC(=O)c3cccnc3NCc3ccncc3)ccc2C(C)(C)C)C1. The van der Waals surface area contributed by atoms with Crippen molar-refractivity contribution in [2.45, 2.75) is 32.7 Å². The molecule has 178 valence electrons. The van der Waals surface area contributed by atoms with Gasteiger partial charge in [0.2, 0.25) is 0 Å². The molecule has 34 heavy (non-hydrogen) atoms. The second-order valence-corrected chi connectivity index (χ2v) is 9.92. The molecular formula is C27H33N5O2. The number of hydrogen-bond donors (Lipinski definition) is 2. The average molecular weight is 460 g/mol. The van der Waals surface area contributed by atoms with E-state index in [0.29, 0.717) is 36.1 Å². The fraction of sp³-hybridized carbons (Fsp3) is 0.370. The molecule has 2 N–H and O–H groups in total. The summed E-state index contributed by atoms with van der Waals surface area (Å²) in [6.07, 6.45) is 5.16. The summed E-state index contributed by atoms with van der Waals surface area (Å²) < 4.78 is 6.25. The molecule has 7 heteroatoms. The molecular weight excluding hydrogens is 426 g/mol. The average Bonchev–Trinajstić information content (AvgIpc) is 2.80. The molecule has 3 aromatic rings. The zero-order chi connectivity index (χ0) is 24.1. The van der Waals surface area contributed by atoms with Gasteiger partial charge < -0.3 is 20.3 Å². The molecule has 0 spiro atoms. The number of pyridine rings is 2. The molecule has 0 unspecified atom stereocenters. The van der Waals surface area contributed by atoms with Crippen molar-refractivity contribution >= 4 is 17.4 Å². The Morgan fingerprint density at radius 2 is 1.88 bits per heavy atom. The maximum absolute atomic E-state index is 13.1. The van der Waals surface area contributed by atoms with E-state index in [-0.39, 0.29) is 11.3 Å². The summed E-state index contributed by atoms with van der Waals surface area (Å²) in [5, 5.41) is 6.28. The smallest absolute Gasteiger partial charge is 0.259 e. The van der Waals surface area contributed by atoms with Gasteiger partial charge in [-0.3, -0.25) is 9.78 Å². The number of nitrogens with zero attached hydrogens (tertiary/aromatic N) is 3. The zero-order valence-electron chi connectivity index (χ0n) is 20.3. The first-order chi connectivity index (χ1) is 16.3. The Bertz CT molecular complexity index is 1120. The summed E-state index contributed by atoms with van der Waals surface area (Å²) in [6, 6.07) is 13.3. The van der Waals surface area contributed by atoms with Gasteiger partial charge in [-0.1, -0.05) is 26.8 Å². The van der Waals surface area contributed by atoms with E-state index >= 15 is 0 Å². The standard InChI is InChI=1S/C27H33N5O2/c1-27(2,3)23-8-7-21(14-24(23)34-18-20-16-32(4)17-20)31-26(33)22-6-5-11-29-25(22)30-15-19-9-12-28-13-10-19/h5-14,20H,15-18H2,1-4H3,(H,29,30)(H,31,33). The van der Waals surface area contributed by atoms with E-state index in [1.165, 1.54) is 0 Å². The van der Waals surface area contributed by atoms with E-state index < -0.39 is 0 Å². The second kappa shape index (κ2) is 10.2. The number of aromatic nitrogens is 2. The lowest BCUT2D eigenvalue weighted by Gasteiger charge is -2.36. The predicted molar refractivity (Wildman–Crippen MR) is 135 cm³/mol. The molecule has 0 saturated carbocycles. The number of hydrogen-bond acceptors (Lipinski definition) is 6. The van der Waals surface area contributed by atoms with E-state index in [1.807, 2.05) is 30.3 Å². The number of rotatable bonds is 8. The van der Waals surface area contributed by atoms with E-state index in [0.717, 1.165) is 30.0 Å². The third-order valence-electron chi connectivity index (χ3n) is 5.92. The first kappa shape index (κ1) is 23.7. The second-order valence-electron chi connectivity index (χ2n) is 9.92. The Morgan fingerprint density at radius 1 is 1.12 bits per heavy atom. The molecule has 1 amide bonds. The van der Waals surface area contributed by atoms with Crippen LogP contribution in [-0.2, 0) is 12.0 Å². The van der Waals surface area contributed by atoms with Crippen molar-refractivity contribution in [1.29, 1.82) is 0 Å². The monoisotopic (exact) mass is 459 g/mol. The third-order valence-corrected chi connectivity index (χ3v) is 5.92. The molecule has 1 aromatic carbocycles. The van der Waals surface area contributed by atoms with Gasteiger partial charge in [-0.25, -0.2) is 4.98 Å². The molecule has 0 atom stereocenters. The summed E-state index contributed by atoms with van der Waals surface area (Å²) >= 11 is 0. The molecule has 0 radical (unpaired) electrons. The highest BCUT2D eigenvalue weighted by Crippen LogP contribution is 2.34. The highest BCUT2D eigenvalue weighted by atomic mass is 16.5. The van der Waals surface area contributed by atoms with E-state index in [1.54, 1.807) is 30.7 Å². The van der Waals surface area contributed by atoms with Crippen molar-refractivity contribution in [2.75, 3.05) is 37.4 Å². The lowest BCUT2D eigenvalue weighted by molar-refractivity contribution is 0.0850. The van der Waals surface area contributed by atoms with Crippen molar-refractivity contribution in [3.05, 3.63) is 77.7 Å². The largest absolute Gasteiger partial charge is 0.493 e. The number of amides is 1. The number of ether oxygens (including phenoxy) is 1. The van der Waals surface area contributed by atoms with Gasteiger partial charge in [0.15, 0.2) is 0 Å². The Kier molecular flexibility index (Phi) is 7.12. The summed E-state index contributed by atoms with van der Waals surface area (Å²) in [5.74, 6) is 1.68. The van der Waals surface area contributed by atoms with Crippen LogP contribution in [0.25, 0.3) is 0 Å². The van der Waals surface area contributed by atoms with E-state index in [2.05, 4.69) is 53.3 Å². The molecule has 7 nitrogen and oxygen atoms in total. The van der Waals surface area contributed by atoms with Crippen LogP contribution in [0.5, 0.6) is 5.75 Å². The maximum Gasteiger partial charge on any atom is 0.259 e. The fourth-order valence-corrected chi connectivity index (χ4v) is 4.09. The van der Waals surface area contributed by atoms with Crippen LogP contribution in [0.1, 0.15) is 42.3 Å². The molecule has 2 aromatic heterocycles. The van der Waals surface area contributed by atoms with Crippen LogP contribution in [0, 0.1) is 5.92 Å². The summed E-state index contributed by atoms with van der Waals surface area (Å²) in [6.45, 7) is 9.84. The Hall–Kier alpha value is -3.45. The summed E-state index contributed by atoms with van der Waals surface area (Å²) in [7, 11) is 2.12. The number of carbonyl (C=O) groups excluding carboxylic acids is 1. The molecule has 4 rings (SSSR count). The van der Waals surface area contributed by atoms with E-state index in [9.17, 15) is 4.79 Å². The topological polar surface area (TPSA) is 79.4 Å². The van der Waals surface area contributed by atoms with Gasteiger partial charge in [-0.05, 0) is 53.9 Å². The van der Waals surface area contributed by atoms with Crippen molar-refractivity contribution in [1.82, 2.24) is 14.9 Å². The van der Waals surface area contributed by atoms with Crippen LogP contribution in [0.4, 0.5) is 11.5 Å². The molecule has 1 saturated heterocycles. The Labute approximate surface area is 201 Å². The lowest BCUT2D eigenvalue weighted by Crippen LogP contribution is -2.46. The van der Waals surface area contributed by atoms with Crippen molar-refractivity contribution < 1.29 is 9.53 Å². The van der Waals surface area contributed by atoms with Crippen LogP contribution < -0.4 is 15.4 Å². The van der Waals surface area contributed by atoms with Gasteiger partial charge in [-0.2, -0.15) is 0 Å². The minimum absolute atomic E-state index is 0.0678. The van der Waals surface area contributed by atoms with Crippen LogP contribution in [0.2, 0.25) is 0 Å². The number of carbonyl (C=O) groups is 1. The van der Waals surface area contributed by atoms with Gasteiger partial charge in [0.05, 0.1) is 12.2 Å². The van der Waals surface area contributed by atoms with Crippen molar-refractivity contribution in [3.63, 3.8) is 0 Å². The number of benzene rings is 1. The summed E-state index contributed by atoms with van der Waals surface area (Å²) in [5.41, 5.74) is 3.30. The quantitative estimate of drug-likeness (QED) is 0.513. The number of likely N-dealkylation sites (tertiary alicyclic amines) is 1. The van der Waals surface area contributed by atoms with Gasteiger partial charge in [0.1, 0.15) is 11.6 Å². The summed E-state index contributed by atoms with van der Waals surface area (Å²) in [4.78, 5) is 23.8. The van der Waals surface area contributed by atoms with E-state index in [4.69, 9.17) is 4.74 Å². The van der Waals surface area contributed by atoms with Crippen LogP contribution in [0.15, 0.2) is 61.1 Å². The highest BCUT2D eigenvalue weighted by molar-refractivity contribution is 6.07. The normalized spacial score (nSPS) is 14.4. The Balaban J connectivity index is 1.48. The molecule has 0 aliphatic carbocycles. The highest BCUT2D eigenvalue weighted by Gasteiger charge is 2.26. The van der Waals surface area contributed by atoms with Gasteiger partial charge in [0.25, 0.3) is 5.91 Å². The van der Waals surface area contributed by atoms with Crippen molar-refractivity contribution in [3.8, 4) is 5.75 Å². The molecule has 1 aliphatic heterocycles. The predicted octanol–water partition coefficient (Wildman–Crippen LogP) is 4.58. The van der Waals surface area contributed by atoms with Gasteiger partial charge in [0, 0.05) is 55.9 Å². The van der Waals surface area contributed by atoms with Crippen LogP contribution in [-0.4, -0.2) is 47.5 Å². The third kappa shape index (κ3) is 5.91. The van der Waals surface area contributed by atoms with Crippen LogP contribution in [0.3, 0.4) is 0 Å². The first-order valence-electron chi connectivity index (χ1n) is 11.6. The van der Waals surface area contributed by atoms with Crippen molar-refractivity contribution in [2.24, 2.45) is 5.92 Å². The molecule has 1 aliphatic rings. The molecule has 1 fully saturated rings. The Morgan fingerprint density at radius 3 is 2.59 bits per heavy atom. The first-order valence-corrected chi connectivity index (χ1v) is 11.6. The van der Waals surface area contributed by atoms with Gasteiger partial charge in [-0.15, -0.1) is 0 Å². The minimum atomic E-state index is -0.222. The minimum Gasteiger partial charge on any atom is -0.493 e. The molecule has 0 bridgehead atoms. The number of anilines is 2. The fourth-order valence-electron chi connectivity index (χ4n) is 4.09. The zero-order valence-corrected chi connectivity index (χ0v) is 20.3. The molecule has 3 heterocycles.